The summed E-state index contributed by atoms with van der Waals surface area (Å²) in [7, 11) is 1.27. The minimum Gasteiger partial charge on any atom is -0.508 e. The molecule has 0 fully saturated rings. The Bertz CT molecular complexity index is 430. The zero-order chi connectivity index (χ0) is 10.8. The fourth-order valence-corrected chi connectivity index (χ4v) is 1.98. The molecule has 0 bridgehead atoms. The molecule has 1 aromatic rings. The molecule has 0 spiro atoms. The van der Waals surface area contributed by atoms with Crippen molar-refractivity contribution in [1.29, 1.82) is 0 Å². The highest BCUT2D eigenvalue weighted by atomic mass is 35.7. The van der Waals surface area contributed by atoms with Crippen LogP contribution in [0.1, 0.15) is 11.1 Å². The molecule has 6 heteroatoms. The second kappa shape index (κ2) is 4.14. The molecule has 0 radical (unpaired) electrons. The van der Waals surface area contributed by atoms with E-state index in [2.05, 4.69) is 0 Å². The van der Waals surface area contributed by atoms with Gasteiger partial charge in [-0.05, 0) is 17.7 Å². The molecule has 0 aromatic heterocycles. The first-order chi connectivity index (χ1) is 6.42. The largest absolute Gasteiger partial charge is 0.508 e. The van der Waals surface area contributed by atoms with E-state index in [1.807, 2.05) is 0 Å². The van der Waals surface area contributed by atoms with Gasteiger partial charge in [0.05, 0.1) is 5.75 Å². The standard InChI is InChI=1S/C8H8ClFO3S/c9-14(12,13)5-7-3-6(4-10)1-2-8(7)11/h1-3,11H,4-5H2. The lowest BCUT2D eigenvalue weighted by atomic mass is 10.1. The van der Waals surface area contributed by atoms with Crippen LogP contribution in [0.5, 0.6) is 5.75 Å². The average molecular weight is 239 g/mol. The van der Waals surface area contributed by atoms with Crippen molar-refractivity contribution in [3.63, 3.8) is 0 Å². The second-order valence-electron chi connectivity index (χ2n) is 2.78. The predicted molar refractivity (Wildman–Crippen MR) is 51.4 cm³/mol. The molecule has 0 heterocycles. The average Bonchev–Trinajstić information content (AvgIpc) is 2.06. The van der Waals surface area contributed by atoms with E-state index in [0.29, 0.717) is 5.56 Å². The molecule has 0 amide bonds. The molecular formula is C8H8ClFO3S. The van der Waals surface area contributed by atoms with Crippen molar-refractivity contribution < 1.29 is 17.9 Å². The van der Waals surface area contributed by atoms with Gasteiger partial charge in [-0.3, -0.25) is 0 Å². The molecule has 0 unspecified atom stereocenters. The third-order valence-electron chi connectivity index (χ3n) is 1.63. The van der Waals surface area contributed by atoms with Gasteiger partial charge in [0.15, 0.2) is 0 Å². The summed E-state index contributed by atoms with van der Waals surface area (Å²) in [5.74, 6) is -0.708. The van der Waals surface area contributed by atoms with Gasteiger partial charge in [0.25, 0.3) is 0 Å². The minimum absolute atomic E-state index is 0.107. The molecule has 78 valence electrons. The molecule has 0 aliphatic carbocycles. The molecule has 0 aliphatic heterocycles. The van der Waals surface area contributed by atoms with Crippen LogP contribution in [-0.4, -0.2) is 13.5 Å². The van der Waals surface area contributed by atoms with Crippen molar-refractivity contribution in [2.45, 2.75) is 12.4 Å². The quantitative estimate of drug-likeness (QED) is 0.819. The molecule has 0 saturated heterocycles. The van der Waals surface area contributed by atoms with Crippen molar-refractivity contribution >= 4 is 19.7 Å². The highest BCUT2D eigenvalue weighted by Crippen LogP contribution is 2.22. The minimum atomic E-state index is -3.73. The van der Waals surface area contributed by atoms with E-state index in [0.717, 1.165) is 0 Å². The van der Waals surface area contributed by atoms with Crippen molar-refractivity contribution in [1.82, 2.24) is 0 Å². The maximum absolute atomic E-state index is 12.2. The van der Waals surface area contributed by atoms with Crippen LogP contribution in [0.25, 0.3) is 0 Å². The van der Waals surface area contributed by atoms with Gasteiger partial charge in [0, 0.05) is 16.2 Å². The third kappa shape index (κ3) is 3.16. The molecule has 0 atom stereocenters. The van der Waals surface area contributed by atoms with E-state index in [4.69, 9.17) is 10.7 Å². The number of alkyl halides is 1. The Morgan fingerprint density at radius 2 is 2.07 bits per heavy atom. The fraction of sp³-hybridized carbons (Fsp3) is 0.250. The van der Waals surface area contributed by atoms with E-state index in [1.54, 1.807) is 0 Å². The number of benzene rings is 1. The zero-order valence-electron chi connectivity index (χ0n) is 7.07. The van der Waals surface area contributed by atoms with Crippen LogP contribution in [0.3, 0.4) is 0 Å². The molecule has 0 saturated carbocycles. The Morgan fingerprint density at radius 3 is 2.57 bits per heavy atom. The fourth-order valence-electron chi connectivity index (χ4n) is 1.02. The summed E-state index contributed by atoms with van der Waals surface area (Å²) >= 11 is 0. The van der Waals surface area contributed by atoms with Crippen molar-refractivity contribution in [2.75, 3.05) is 0 Å². The van der Waals surface area contributed by atoms with E-state index in [9.17, 15) is 17.9 Å². The Labute approximate surface area is 85.6 Å². The van der Waals surface area contributed by atoms with Gasteiger partial charge in [-0.25, -0.2) is 12.8 Å². The molecule has 14 heavy (non-hydrogen) atoms. The van der Waals surface area contributed by atoms with Crippen molar-refractivity contribution in [3.05, 3.63) is 29.3 Å². The van der Waals surface area contributed by atoms with Crippen LogP contribution in [0.2, 0.25) is 0 Å². The van der Waals surface area contributed by atoms with Crippen LogP contribution in [0.15, 0.2) is 18.2 Å². The summed E-state index contributed by atoms with van der Waals surface area (Å²) in [4.78, 5) is 0. The lowest BCUT2D eigenvalue weighted by molar-refractivity contribution is 0.465. The van der Waals surface area contributed by atoms with Crippen LogP contribution in [-0.2, 0) is 21.5 Å². The molecule has 1 rings (SSSR count). The summed E-state index contributed by atoms with van der Waals surface area (Å²) in [6.45, 7) is -0.713. The molecular weight excluding hydrogens is 231 g/mol. The number of rotatable bonds is 3. The van der Waals surface area contributed by atoms with E-state index in [1.165, 1.54) is 18.2 Å². The van der Waals surface area contributed by atoms with Crippen LogP contribution < -0.4 is 0 Å². The van der Waals surface area contributed by atoms with Gasteiger partial charge >= 0.3 is 0 Å². The molecule has 0 aliphatic rings. The highest BCUT2D eigenvalue weighted by molar-refractivity contribution is 8.13. The summed E-state index contributed by atoms with van der Waals surface area (Å²) in [6.07, 6.45) is 0. The van der Waals surface area contributed by atoms with Crippen molar-refractivity contribution in [3.8, 4) is 5.75 Å². The first-order valence-corrected chi connectivity index (χ1v) is 6.19. The van der Waals surface area contributed by atoms with E-state index in [-0.39, 0.29) is 11.3 Å². The number of aromatic hydroxyl groups is 1. The summed E-state index contributed by atoms with van der Waals surface area (Å²) in [5.41, 5.74) is 0.410. The monoisotopic (exact) mass is 238 g/mol. The Kier molecular flexibility index (Phi) is 3.34. The first-order valence-electron chi connectivity index (χ1n) is 3.71. The van der Waals surface area contributed by atoms with Gasteiger partial charge in [-0.2, -0.15) is 0 Å². The maximum atomic E-state index is 12.2. The zero-order valence-corrected chi connectivity index (χ0v) is 8.65. The third-order valence-corrected chi connectivity index (χ3v) is 2.61. The van der Waals surface area contributed by atoms with E-state index >= 15 is 0 Å². The van der Waals surface area contributed by atoms with Gasteiger partial charge in [-0.15, -0.1) is 0 Å². The molecule has 1 aromatic carbocycles. The molecule has 1 N–H and O–H groups in total. The summed E-state index contributed by atoms with van der Waals surface area (Å²) in [6, 6.07) is 3.89. The number of phenols is 1. The maximum Gasteiger partial charge on any atom is 0.236 e. The lowest BCUT2D eigenvalue weighted by Gasteiger charge is -2.03. The molecule has 3 nitrogen and oxygen atoms in total. The van der Waals surface area contributed by atoms with Crippen LogP contribution in [0.4, 0.5) is 4.39 Å². The summed E-state index contributed by atoms with van der Waals surface area (Å²) < 4.78 is 33.6. The van der Waals surface area contributed by atoms with Crippen LogP contribution >= 0.6 is 10.7 Å². The Balaban J connectivity index is 3.07. The summed E-state index contributed by atoms with van der Waals surface area (Å²) in [5, 5.41) is 9.25. The number of hydrogen-bond donors (Lipinski definition) is 1. The van der Waals surface area contributed by atoms with Gasteiger partial charge in [0.1, 0.15) is 12.4 Å². The topological polar surface area (TPSA) is 54.4 Å². The van der Waals surface area contributed by atoms with Crippen molar-refractivity contribution in [2.24, 2.45) is 0 Å². The van der Waals surface area contributed by atoms with Gasteiger partial charge in [-0.1, -0.05) is 6.07 Å². The number of halogens is 2. The van der Waals surface area contributed by atoms with E-state index < -0.39 is 21.5 Å². The lowest BCUT2D eigenvalue weighted by Crippen LogP contribution is -1.96. The smallest absolute Gasteiger partial charge is 0.236 e. The second-order valence-corrected chi connectivity index (χ2v) is 5.56. The Morgan fingerprint density at radius 1 is 1.43 bits per heavy atom. The first kappa shape index (κ1) is 11.3. The SMILES string of the molecule is O=S(=O)(Cl)Cc1cc(CF)ccc1O. The Hall–Kier alpha value is -0.810. The van der Waals surface area contributed by atoms with Gasteiger partial charge < -0.3 is 5.11 Å². The number of phenolic OH excluding ortho intramolecular Hbond substituents is 1. The normalized spacial score (nSPS) is 11.6. The van der Waals surface area contributed by atoms with Crippen LogP contribution in [0, 0.1) is 0 Å². The predicted octanol–water partition coefficient (Wildman–Crippen LogP) is 1.93. The highest BCUT2D eigenvalue weighted by Gasteiger charge is 2.11. The number of hydrogen-bond acceptors (Lipinski definition) is 3. The van der Waals surface area contributed by atoms with Gasteiger partial charge in [0.2, 0.25) is 9.05 Å².